The zero-order valence-electron chi connectivity index (χ0n) is 11.7. The van der Waals surface area contributed by atoms with Gasteiger partial charge in [-0.2, -0.15) is 0 Å². The Balaban J connectivity index is 2.19. The highest BCUT2D eigenvalue weighted by molar-refractivity contribution is 5.72. The summed E-state index contributed by atoms with van der Waals surface area (Å²) >= 11 is 0. The van der Waals surface area contributed by atoms with Gasteiger partial charge in [-0.05, 0) is 31.9 Å². The number of carbonyl (C=O) groups is 1. The lowest BCUT2D eigenvalue weighted by Gasteiger charge is -2.30. The van der Waals surface area contributed by atoms with Gasteiger partial charge in [0.1, 0.15) is 0 Å². The quantitative estimate of drug-likeness (QED) is 0.905. The molecule has 0 spiro atoms. The maximum absolute atomic E-state index is 10.7. The van der Waals surface area contributed by atoms with Gasteiger partial charge in [-0.15, -0.1) is 0 Å². The number of hydrogen-bond donors (Lipinski definition) is 1. The molecule has 0 aliphatic carbocycles. The van der Waals surface area contributed by atoms with E-state index in [-0.39, 0.29) is 6.42 Å². The third-order valence-corrected chi connectivity index (χ3v) is 3.81. The van der Waals surface area contributed by atoms with Crippen molar-refractivity contribution in [3.05, 3.63) is 24.3 Å². The maximum atomic E-state index is 10.7. The van der Waals surface area contributed by atoms with E-state index in [1.165, 1.54) is 11.4 Å². The van der Waals surface area contributed by atoms with Crippen LogP contribution in [0.5, 0.6) is 0 Å². The van der Waals surface area contributed by atoms with Crippen LogP contribution in [0.25, 0.3) is 0 Å². The number of benzene rings is 1. The van der Waals surface area contributed by atoms with Crippen LogP contribution < -0.4 is 9.80 Å². The molecule has 1 heterocycles. The van der Waals surface area contributed by atoms with Gasteiger partial charge in [0.05, 0.1) is 11.4 Å². The van der Waals surface area contributed by atoms with E-state index in [9.17, 15) is 4.79 Å². The second kappa shape index (κ2) is 5.95. The molecule has 0 bridgehead atoms. The first-order valence-corrected chi connectivity index (χ1v) is 6.88. The number of nitrogens with zero attached hydrogens (tertiary/aromatic N) is 2. The summed E-state index contributed by atoms with van der Waals surface area (Å²) in [6, 6.07) is 8.82. The van der Waals surface area contributed by atoms with Gasteiger partial charge in [-0.25, -0.2) is 0 Å². The molecule has 4 heteroatoms. The molecule has 104 valence electrons. The molecular formula is C15H22N2O2. The molecule has 1 atom stereocenters. The molecule has 0 saturated carbocycles. The average molecular weight is 262 g/mol. The summed E-state index contributed by atoms with van der Waals surface area (Å²) in [5, 5.41) is 8.77. The van der Waals surface area contributed by atoms with E-state index in [1.54, 1.807) is 0 Å². The summed E-state index contributed by atoms with van der Waals surface area (Å²) in [5.74, 6) is -0.715. The van der Waals surface area contributed by atoms with E-state index in [0.29, 0.717) is 12.5 Å². The first-order chi connectivity index (χ1) is 9.09. The molecule has 0 amide bonds. The zero-order valence-corrected chi connectivity index (χ0v) is 11.7. The van der Waals surface area contributed by atoms with Gasteiger partial charge in [-0.1, -0.05) is 12.1 Å². The summed E-state index contributed by atoms with van der Waals surface area (Å²) in [7, 11) is 2.12. The van der Waals surface area contributed by atoms with Gasteiger partial charge in [0.15, 0.2) is 0 Å². The van der Waals surface area contributed by atoms with E-state index in [0.717, 1.165) is 19.5 Å². The predicted octanol–water partition coefficient (Wildman–Crippen LogP) is 2.59. The summed E-state index contributed by atoms with van der Waals surface area (Å²) in [5.41, 5.74) is 2.46. The minimum Gasteiger partial charge on any atom is -0.481 e. The molecule has 1 aliphatic rings. The van der Waals surface area contributed by atoms with Crippen LogP contribution in [0.4, 0.5) is 11.4 Å². The van der Waals surface area contributed by atoms with Gasteiger partial charge in [-0.3, -0.25) is 4.79 Å². The summed E-state index contributed by atoms with van der Waals surface area (Å²) < 4.78 is 0. The van der Waals surface area contributed by atoms with E-state index in [4.69, 9.17) is 5.11 Å². The van der Waals surface area contributed by atoms with Crippen molar-refractivity contribution in [3.63, 3.8) is 0 Å². The van der Waals surface area contributed by atoms with E-state index >= 15 is 0 Å². The van der Waals surface area contributed by atoms with Crippen LogP contribution in [-0.4, -0.2) is 37.3 Å². The zero-order chi connectivity index (χ0) is 13.8. The highest BCUT2D eigenvalue weighted by Gasteiger charge is 2.22. The van der Waals surface area contributed by atoms with Crippen LogP contribution >= 0.6 is 0 Å². The highest BCUT2D eigenvalue weighted by atomic mass is 16.4. The molecular weight excluding hydrogens is 240 g/mol. The molecule has 1 aromatic rings. The number of rotatable bonds is 4. The lowest BCUT2D eigenvalue weighted by atomic mass is 10.1. The number of carboxylic acids is 1. The fraction of sp³-hybridized carbons (Fsp3) is 0.533. The second-order valence-electron chi connectivity index (χ2n) is 5.24. The number of fused-ring (bicyclic) bond motifs is 1. The van der Waals surface area contributed by atoms with Crippen molar-refractivity contribution >= 4 is 17.3 Å². The smallest absolute Gasteiger partial charge is 0.303 e. The Morgan fingerprint density at radius 3 is 2.74 bits per heavy atom. The second-order valence-corrected chi connectivity index (χ2v) is 5.24. The fourth-order valence-electron chi connectivity index (χ4n) is 2.67. The molecule has 1 unspecified atom stereocenters. The van der Waals surface area contributed by atoms with Crippen molar-refractivity contribution < 1.29 is 9.90 Å². The molecule has 0 radical (unpaired) electrons. The van der Waals surface area contributed by atoms with Crippen LogP contribution in [0.3, 0.4) is 0 Å². The van der Waals surface area contributed by atoms with Crippen molar-refractivity contribution in [2.75, 3.05) is 29.9 Å². The van der Waals surface area contributed by atoms with Gasteiger partial charge in [0.2, 0.25) is 0 Å². The SMILES string of the molecule is CC1CCN(C)c2ccccc2N1CCCC(=O)O. The molecule has 19 heavy (non-hydrogen) atoms. The Morgan fingerprint density at radius 1 is 1.37 bits per heavy atom. The minimum absolute atomic E-state index is 0.237. The van der Waals surface area contributed by atoms with Crippen molar-refractivity contribution in [2.24, 2.45) is 0 Å². The first-order valence-electron chi connectivity index (χ1n) is 6.88. The number of anilines is 2. The molecule has 1 aliphatic heterocycles. The molecule has 0 saturated heterocycles. The maximum Gasteiger partial charge on any atom is 0.303 e. The van der Waals surface area contributed by atoms with Gasteiger partial charge in [0, 0.05) is 32.6 Å². The van der Waals surface area contributed by atoms with Crippen LogP contribution in [0, 0.1) is 0 Å². The van der Waals surface area contributed by atoms with Crippen LogP contribution in [0.1, 0.15) is 26.2 Å². The molecule has 4 nitrogen and oxygen atoms in total. The third kappa shape index (κ3) is 3.19. The Labute approximate surface area is 114 Å². The Bertz CT molecular complexity index is 448. The third-order valence-electron chi connectivity index (χ3n) is 3.81. The van der Waals surface area contributed by atoms with Crippen LogP contribution in [-0.2, 0) is 4.79 Å². The molecule has 1 aromatic carbocycles. The van der Waals surface area contributed by atoms with Crippen molar-refractivity contribution in [1.82, 2.24) is 0 Å². The number of carboxylic acid groups (broad SMARTS) is 1. The summed E-state index contributed by atoms with van der Waals surface area (Å²) in [6.07, 6.45) is 2.02. The van der Waals surface area contributed by atoms with E-state index < -0.39 is 5.97 Å². The Hall–Kier alpha value is -1.71. The van der Waals surface area contributed by atoms with Crippen molar-refractivity contribution in [1.29, 1.82) is 0 Å². The van der Waals surface area contributed by atoms with E-state index in [2.05, 4.69) is 48.0 Å². The summed E-state index contributed by atoms with van der Waals surface area (Å²) in [4.78, 5) is 15.3. The predicted molar refractivity (Wildman–Crippen MR) is 78.0 cm³/mol. The number of hydrogen-bond acceptors (Lipinski definition) is 3. The van der Waals surface area contributed by atoms with Gasteiger partial charge < -0.3 is 14.9 Å². The highest BCUT2D eigenvalue weighted by Crippen LogP contribution is 2.33. The van der Waals surface area contributed by atoms with E-state index in [1.807, 2.05) is 0 Å². The van der Waals surface area contributed by atoms with Gasteiger partial charge >= 0.3 is 5.97 Å². The van der Waals surface area contributed by atoms with Crippen LogP contribution in [0.15, 0.2) is 24.3 Å². The Morgan fingerprint density at radius 2 is 2.05 bits per heavy atom. The lowest BCUT2D eigenvalue weighted by molar-refractivity contribution is -0.137. The molecule has 1 N–H and O–H groups in total. The topological polar surface area (TPSA) is 43.8 Å². The largest absolute Gasteiger partial charge is 0.481 e. The lowest BCUT2D eigenvalue weighted by Crippen LogP contribution is -2.33. The standard InChI is InChI=1S/C15H22N2O2/c1-12-9-11-16(2)13-6-3-4-7-14(13)17(12)10-5-8-15(18)19/h3-4,6-7,12H,5,8-11H2,1-2H3,(H,18,19). The van der Waals surface area contributed by atoms with Crippen LogP contribution in [0.2, 0.25) is 0 Å². The molecule has 2 rings (SSSR count). The average Bonchev–Trinajstić information content (AvgIpc) is 2.50. The van der Waals surface area contributed by atoms with Gasteiger partial charge in [0.25, 0.3) is 0 Å². The molecule has 0 fully saturated rings. The van der Waals surface area contributed by atoms with Crippen molar-refractivity contribution in [2.45, 2.75) is 32.2 Å². The monoisotopic (exact) mass is 262 g/mol. The fourth-order valence-corrected chi connectivity index (χ4v) is 2.67. The Kier molecular flexibility index (Phi) is 4.30. The number of para-hydroxylation sites is 2. The minimum atomic E-state index is -0.715. The number of aliphatic carboxylic acids is 1. The normalized spacial score (nSPS) is 18.9. The van der Waals surface area contributed by atoms with Crippen molar-refractivity contribution in [3.8, 4) is 0 Å². The summed E-state index contributed by atoms with van der Waals surface area (Å²) in [6.45, 7) is 4.06. The first kappa shape index (κ1) is 13.7. The molecule has 0 aromatic heterocycles.